The van der Waals surface area contributed by atoms with Crippen molar-refractivity contribution in [1.82, 2.24) is 0 Å². The smallest absolute Gasteiger partial charge is 0.293 e. The molecule has 0 bridgehead atoms. The molecule has 2 aromatic carbocycles. The van der Waals surface area contributed by atoms with Gasteiger partial charge in [0.1, 0.15) is 6.61 Å². The maximum absolute atomic E-state index is 10.3. The van der Waals surface area contributed by atoms with E-state index in [1.165, 1.54) is 16.3 Å². The van der Waals surface area contributed by atoms with Gasteiger partial charge in [-0.25, -0.2) is 0 Å². The van der Waals surface area contributed by atoms with Gasteiger partial charge >= 0.3 is 0 Å². The quantitative estimate of drug-likeness (QED) is 0.489. The summed E-state index contributed by atoms with van der Waals surface area (Å²) in [6.07, 6.45) is 0. The van der Waals surface area contributed by atoms with E-state index in [0.29, 0.717) is 19.6 Å². The molecule has 0 fully saturated rings. The minimum absolute atomic E-state index is 0.239. The molecule has 0 N–H and O–H groups in total. The van der Waals surface area contributed by atoms with E-state index in [1.54, 1.807) is 0 Å². The van der Waals surface area contributed by atoms with Gasteiger partial charge in [0.05, 0.1) is 12.3 Å². The Balaban J connectivity index is 2.17. The second-order valence-electron chi connectivity index (χ2n) is 5.81. The lowest BCUT2D eigenvalue weighted by atomic mass is 9.80. The van der Waals surface area contributed by atoms with Crippen molar-refractivity contribution in [2.24, 2.45) is 0 Å². The van der Waals surface area contributed by atoms with Crippen LogP contribution in [0.4, 0.5) is 5.69 Å². The predicted molar refractivity (Wildman–Crippen MR) is 83.1 cm³/mol. The molecule has 0 saturated heterocycles. The molecule has 3 nitrogen and oxygen atoms in total. The molecule has 0 amide bonds. The van der Waals surface area contributed by atoms with Crippen LogP contribution in [0.3, 0.4) is 0 Å². The summed E-state index contributed by atoms with van der Waals surface area (Å²) < 4.78 is 6.87. The average Bonchev–Trinajstić information content (AvgIpc) is 2.68. The van der Waals surface area contributed by atoms with Crippen LogP contribution in [-0.2, 0) is 14.9 Å². The Morgan fingerprint density at radius 2 is 2.00 bits per heavy atom. The molecule has 0 atom stereocenters. The first-order valence-corrected chi connectivity index (χ1v) is 7.05. The van der Waals surface area contributed by atoms with Crippen LogP contribution in [0.2, 0.25) is 0 Å². The van der Waals surface area contributed by atoms with Crippen LogP contribution >= 0.6 is 0 Å². The molecule has 0 saturated carbocycles. The van der Waals surface area contributed by atoms with E-state index in [0.717, 1.165) is 11.4 Å². The van der Waals surface area contributed by atoms with Crippen molar-refractivity contribution in [3.63, 3.8) is 0 Å². The van der Waals surface area contributed by atoms with Gasteiger partial charge < -0.3 is 4.74 Å². The first kappa shape index (κ1) is 13.8. The second-order valence-corrected chi connectivity index (χ2v) is 5.81. The zero-order chi connectivity index (χ0) is 15.0. The topological polar surface area (TPSA) is 29.3 Å². The number of hydrogen-bond donors (Lipinski definition) is 0. The van der Waals surface area contributed by atoms with E-state index in [2.05, 4.69) is 38.1 Å². The number of hydrogen-bond acceptors (Lipinski definition) is 2. The minimum Gasteiger partial charge on any atom is -0.461 e. The highest BCUT2D eigenvalue weighted by Crippen LogP contribution is 2.43. The molecular formula is C18H18NO2+. The molecule has 0 aliphatic carbocycles. The lowest BCUT2D eigenvalue weighted by Gasteiger charge is -2.16. The molecule has 106 valence electrons. The zero-order valence-corrected chi connectivity index (χ0v) is 12.3. The monoisotopic (exact) mass is 280 g/mol. The first-order valence-electron chi connectivity index (χ1n) is 7.05. The summed E-state index contributed by atoms with van der Waals surface area (Å²) in [7, 11) is 0. The van der Waals surface area contributed by atoms with Crippen molar-refractivity contribution in [1.29, 1.82) is 0 Å². The summed E-state index contributed by atoms with van der Waals surface area (Å²) in [5.74, 6) is 0. The molecule has 2 aromatic rings. The number of carbonyl (C=O) groups excluding carboxylic acids is 1. The van der Waals surface area contributed by atoms with Gasteiger partial charge in [-0.2, -0.15) is 4.58 Å². The lowest BCUT2D eigenvalue weighted by molar-refractivity contribution is -0.440. The fourth-order valence-corrected chi connectivity index (χ4v) is 3.17. The SMILES string of the molecule is [CH]C1=[N+](CCOC=O)c2ccc3ccccc3c2C1(C)C. The Kier molecular flexibility index (Phi) is 3.28. The molecular weight excluding hydrogens is 262 g/mol. The van der Waals surface area contributed by atoms with E-state index >= 15 is 0 Å². The van der Waals surface area contributed by atoms with Crippen LogP contribution in [0.1, 0.15) is 19.4 Å². The molecule has 1 aliphatic rings. The fraction of sp³-hybridized carbons (Fsp3) is 0.278. The lowest BCUT2D eigenvalue weighted by Crippen LogP contribution is -2.28. The Hall–Kier alpha value is -2.16. The van der Waals surface area contributed by atoms with Crippen LogP contribution in [0.15, 0.2) is 36.4 Å². The molecule has 0 aromatic heterocycles. The van der Waals surface area contributed by atoms with Crippen molar-refractivity contribution in [2.45, 2.75) is 19.3 Å². The first-order chi connectivity index (χ1) is 10.1. The van der Waals surface area contributed by atoms with Crippen molar-refractivity contribution in [2.75, 3.05) is 13.2 Å². The summed E-state index contributed by atoms with van der Waals surface area (Å²) >= 11 is 0. The molecule has 21 heavy (non-hydrogen) atoms. The highest BCUT2D eigenvalue weighted by Gasteiger charge is 2.44. The highest BCUT2D eigenvalue weighted by molar-refractivity contribution is 6.04. The molecule has 2 radical (unpaired) electrons. The Bertz CT molecular complexity index is 744. The summed E-state index contributed by atoms with van der Waals surface area (Å²) in [6.45, 7) is 12.0. The normalized spacial score (nSPS) is 16.1. The number of fused-ring (bicyclic) bond motifs is 3. The summed E-state index contributed by atoms with van der Waals surface area (Å²) in [4.78, 5) is 10.3. The minimum atomic E-state index is -0.239. The van der Waals surface area contributed by atoms with Gasteiger partial charge in [-0.3, -0.25) is 4.79 Å². The molecule has 1 aliphatic heterocycles. The maximum Gasteiger partial charge on any atom is 0.293 e. The van der Waals surface area contributed by atoms with Crippen molar-refractivity contribution >= 4 is 28.6 Å². The predicted octanol–water partition coefficient (Wildman–Crippen LogP) is 3.10. The number of benzene rings is 2. The van der Waals surface area contributed by atoms with Gasteiger partial charge in [0.25, 0.3) is 6.47 Å². The fourth-order valence-electron chi connectivity index (χ4n) is 3.17. The standard InChI is InChI=1S/C18H18NO2/c1-13-18(2,3)17-15-7-5-4-6-14(15)8-9-16(17)19(13)10-11-21-12-20/h1,4-9,12H,10-11H2,2-3H3/q+1. The molecule has 3 heteroatoms. The third-order valence-corrected chi connectivity index (χ3v) is 4.25. The van der Waals surface area contributed by atoms with Gasteiger partial charge in [0.15, 0.2) is 12.3 Å². The van der Waals surface area contributed by atoms with Crippen LogP contribution < -0.4 is 0 Å². The zero-order valence-electron chi connectivity index (χ0n) is 12.3. The molecule has 0 unspecified atom stereocenters. The summed E-state index contributed by atoms with van der Waals surface area (Å²) in [6, 6.07) is 12.5. The Labute approximate surface area is 124 Å². The summed E-state index contributed by atoms with van der Waals surface area (Å²) in [5, 5.41) is 2.44. The van der Waals surface area contributed by atoms with E-state index in [4.69, 9.17) is 11.7 Å². The molecule has 0 spiro atoms. The number of rotatable bonds is 4. The maximum atomic E-state index is 10.3. The van der Waals surface area contributed by atoms with Crippen LogP contribution in [0, 0.1) is 6.92 Å². The van der Waals surface area contributed by atoms with E-state index in [9.17, 15) is 4.79 Å². The Morgan fingerprint density at radius 3 is 2.76 bits per heavy atom. The van der Waals surface area contributed by atoms with Crippen molar-refractivity contribution in [3.05, 3.63) is 48.9 Å². The largest absolute Gasteiger partial charge is 0.461 e. The number of carbonyl (C=O) groups is 1. The van der Waals surface area contributed by atoms with E-state index < -0.39 is 0 Å². The summed E-state index contributed by atoms with van der Waals surface area (Å²) in [5.41, 5.74) is 2.90. The van der Waals surface area contributed by atoms with Gasteiger partial charge in [-0.1, -0.05) is 24.3 Å². The van der Waals surface area contributed by atoms with E-state index in [-0.39, 0.29) is 5.41 Å². The van der Waals surface area contributed by atoms with Gasteiger partial charge in [-0.05, 0) is 30.7 Å². The van der Waals surface area contributed by atoms with Crippen molar-refractivity contribution < 1.29 is 14.1 Å². The van der Waals surface area contributed by atoms with Gasteiger partial charge in [0.2, 0.25) is 5.69 Å². The molecule has 3 rings (SSSR count). The van der Waals surface area contributed by atoms with Crippen LogP contribution in [0.5, 0.6) is 0 Å². The average molecular weight is 280 g/mol. The Morgan fingerprint density at radius 1 is 1.24 bits per heavy atom. The number of ether oxygens (including phenoxy) is 1. The number of nitrogens with zero attached hydrogens (tertiary/aromatic N) is 1. The molecule has 1 heterocycles. The van der Waals surface area contributed by atoms with Gasteiger partial charge in [-0.15, -0.1) is 0 Å². The third kappa shape index (κ3) is 2.04. The van der Waals surface area contributed by atoms with Crippen molar-refractivity contribution in [3.8, 4) is 0 Å². The van der Waals surface area contributed by atoms with Gasteiger partial charge in [0, 0.05) is 11.6 Å². The highest BCUT2D eigenvalue weighted by atomic mass is 16.5. The van der Waals surface area contributed by atoms with E-state index in [1.807, 2.05) is 16.7 Å². The third-order valence-electron chi connectivity index (χ3n) is 4.25. The van der Waals surface area contributed by atoms with Crippen LogP contribution in [0.25, 0.3) is 10.8 Å². The van der Waals surface area contributed by atoms with Crippen LogP contribution in [-0.4, -0.2) is 29.9 Å². The second kappa shape index (κ2) is 4.99.